The highest BCUT2D eigenvalue weighted by Gasteiger charge is 2.48. The number of para-hydroxylation sites is 1. The molecule has 4 rings (SSSR count). The smallest absolute Gasteiger partial charge is 0.267 e. The number of hydrogen-bond donors (Lipinski definition) is 2. The maximum atomic E-state index is 13.1. The van der Waals surface area contributed by atoms with Crippen LogP contribution in [0.5, 0.6) is 0 Å². The van der Waals surface area contributed by atoms with Crippen LogP contribution in [0.15, 0.2) is 60.7 Å². The fourth-order valence-electron chi connectivity index (χ4n) is 4.80. The maximum Gasteiger partial charge on any atom is 0.267 e. The maximum absolute atomic E-state index is 13.1. The van der Waals surface area contributed by atoms with Gasteiger partial charge in [0, 0.05) is 31.4 Å². The largest absolute Gasteiger partial charge is 0.369 e. The zero-order valence-corrected chi connectivity index (χ0v) is 17.0. The molecule has 1 unspecified atom stereocenters. The lowest BCUT2D eigenvalue weighted by Gasteiger charge is -2.35. The van der Waals surface area contributed by atoms with Crippen molar-refractivity contribution in [3.05, 3.63) is 71.8 Å². The van der Waals surface area contributed by atoms with Gasteiger partial charge >= 0.3 is 0 Å². The molecular formula is C24H27N3O3. The lowest BCUT2D eigenvalue weighted by molar-refractivity contribution is -0.134. The van der Waals surface area contributed by atoms with Gasteiger partial charge in [-0.3, -0.25) is 14.8 Å². The van der Waals surface area contributed by atoms with Crippen molar-refractivity contribution in [2.24, 2.45) is 0 Å². The van der Waals surface area contributed by atoms with E-state index < -0.39 is 5.91 Å². The number of hydrogen-bond acceptors (Lipinski definition) is 4. The summed E-state index contributed by atoms with van der Waals surface area (Å²) < 4.78 is 0. The van der Waals surface area contributed by atoms with Crippen molar-refractivity contribution in [1.82, 2.24) is 10.4 Å². The van der Waals surface area contributed by atoms with Crippen LogP contribution in [0.1, 0.15) is 30.4 Å². The van der Waals surface area contributed by atoms with Gasteiger partial charge in [0.1, 0.15) is 0 Å². The Hall–Kier alpha value is -3.12. The van der Waals surface area contributed by atoms with E-state index in [1.807, 2.05) is 54.6 Å². The van der Waals surface area contributed by atoms with Gasteiger partial charge in [-0.05, 0) is 42.5 Å². The van der Waals surface area contributed by atoms with Crippen LogP contribution < -0.4 is 10.4 Å². The Bertz CT molecular complexity index is 944. The number of nitrogens with one attached hydrogen (secondary N) is 1. The number of nitrogens with zero attached hydrogens (tertiary/aromatic N) is 2. The predicted octanol–water partition coefficient (Wildman–Crippen LogP) is 3.02. The lowest BCUT2D eigenvalue weighted by Crippen LogP contribution is -2.49. The summed E-state index contributed by atoms with van der Waals surface area (Å²) in [6.07, 6.45) is 6.47. The molecule has 0 radical (unpaired) electrons. The molecule has 2 fully saturated rings. The zero-order chi connectivity index (χ0) is 21.0. The number of anilines is 1. The van der Waals surface area contributed by atoms with E-state index in [1.54, 1.807) is 11.6 Å². The molecule has 30 heavy (non-hydrogen) atoms. The van der Waals surface area contributed by atoms with E-state index in [-0.39, 0.29) is 11.4 Å². The minimum absolute atomic E-state index is 0.120. The topological polar surface area (TPSA) is 72.9 Å². The number of carbonyl (C=O) groups excluding carboxylic acids is 2. The third-order valence-electron chi connectivity index (χ3n) is 6.23. The molecule has 2 amide bonds. The molecule has 2 saturated heterocycles. The summed E-state index contributed by atoms with van der Waals surface area (Å²) in [5.74, 6) is -0.357. The summed E-state index contributed by atoms with van der Waals surface area (Å²) in [4.78, 5) is 28.9. The van der Waals surface area contributed by atoms with Crippen LogP contribution >= 0.6 is 0 Å². The summed E-state index contributed by atoms with van der Waals surface area (Å²) in [5, 5.41) is 8.72. The highest BCUT2D eigenvalue weighted by atomic mass is 16.5. The van der Waals surface area contributed by atoms with Crippen molar-refractivity contribution in [1.29, 1.82) is 0 Å². The SMILES string of the molecule is O=C(C=Cc1ccccc1N1CCC2(CCCN2C(=O)Cc2ccccc2)C1)NO. The third-order valence-corrected chi connectivity index (χ3v) is 6.23. The van der Waals surface area contributed by atoms with Crippen LogP contribution in [0, 0.1) is 0 Å². The molecule has 0 aromatic heterocycles. The fourth-order valence-corrected chi connectivity index (χ4v) is 4.80. The van der Waals surface area contributed by atoms with Gasteiger partial charge in [0.05, 0.1) is 12.0 Å². The van der Waals surface area contributed by atoms with E-state index in [2.05, 4.69) is 9.80 Å². The molecule has 1 atom stereocenters. The molecule has 2 aromatic carbocycles. The Morgan fingerprint density at radius 2 is 1.80 bits per heavy atom. The fraction of sp³-hybridized carbons (Fsp3) is 0.333. The van der Waals surface area contributed by atoms with E-state index >= 15 is 0 Å². The first kappa shape index (κ1) is 20.2. The second kappa shape index (κ2) is 8.71. The van der Waals surface area contributed by atoms with Crippen molar-refractivity contribution in [3.8, 4) is 0 Å². The molecule has 0 bridgehead atoms. The zero-order valence-electron chi connectivity index (χ0n) is 17.0. The van der Waals surface area contributed by atoms with Crippen molar-refractivity contribution in [2.75, 3.05) is 24.5 Å². The number of benzene rings is 2. The van der Waals surface area contributed by atoms with Gasteiger partial charge in [-0.25, -0.2) is 5.48 Å². The number of hydroxylamine groups is 1. The molecule has 2 aliphatic rings. The van der Waals surface area contributed by atoms with Crippen LogP contribution in [0.2, 0.25) is 0 Å². The Morgan fingerprint density at radius 1 is 1.03 bits per heavy atom. The first-order valence-electron chi connectivity index (χ1n) is 10.4. The Kier molecular flexibility index (Phi) is 5.86. The molecule has 2 aliphatic heterocycles. The van der Waals surface area contributed by atoms with Crippen LogP contribution in [-0.4, -0.2) is 47.1 Å². The summed E-state index contributed by atoms with van der Waals surface area (Å²) in [6, 6.07) is 17.8. The van der Waals surface area contributed by atoms with Gasteiger partial charge < -0.3 is 9.80 Å². The number of rotatable bonds is 5. The standard InChI is InChI=1S/C24H27N3O3/c28-22(25-30)12-11-20-9-4-5-10-21(20)26-16-14-24(18-26)13-6-15-27(24)23(29)17-19-7-2-1-3-8-19/h1-5,7-12,30H,6,13-18H2,(H,25,28). The second-order valence-corrected chi connectivity index (χ2v) is 8.08. The first-order chi connectivity index (χ1) is 14.6. The molecule has 156 valence electrons. The Balaban J connectivity index is 1.51. The molecule has 1 spiro atoms. The van der Waals surface area contributed by atoms with Crippen molar-refractivity contribution in [2.45, 2.75) is 31.2 Å². The lowest BCUT2D eigenvalue weighted by atomic mass is 9.94. The van der Waals surface area contributed by atoms with Gasteiger partial charge in [0.2, 0.25) is 5.91 Å². The van der Waals surface area contributed by atoms with Crippen LogP contribution in [0.4, 0.5) is 5.69 Å². The highest BCUT2D eigenvalue weighted by Crippen LogP contribution is 2.40. The average molecular weight is 405 g/mol. The quantitative estimate of drug-likeness (QED) is 0.456. The molecule has 6 nitrogen and oxygen atoms in total. The van der Waals surface area contributed by atoms with Gasteiger partial charge in [-0.15, -0.1) is 0 Å². The van der Waals surface area contributed by atoms with E-state index in [9.17, 15) is 9.59 Å². The van der Waals surface area contributed by atoms with Crippen LogP contribution in [-0.2, 0) is 16.0 Å². The number of likely N-dealkylation sites (tertiary alicyclic amines) is 1. The number of amides is 2. The van der Waals surface area contributed by atoms with Gasteiger partial charge in [-0.1, -0.05) is 48.5 Å². The van der Waals surface area contributed by atoms with Crippen molar-refractivity contribution in [3.63, 3.8) is 0 Å². The monoisotopic (exact) mass is 405 g/mol. The predicted molar refractivity (Wildman–Crippen MR) is 116 cm³/mol. The van der Waals surface area contributed by atoms with Gasteiger partial charge in [0.25, 0.3) is 5.91 Å². The van der Waals surface area contributed by atoms with E-state index in [4.69, 9.17) is 5.21 Å². The Labute approximate surface area is 176 Å². The van der Waals surface area contributed by atoms with E-state index in [0.717, 1.165) is 55.7 Å². The highest BCUT2D eigenvalue weighted by molar-refractivity contribution is 5.92. The van der Waals surface area contributed by atoms with Crippen molar-refractivity contribution < 1.29 is 14.8 Å². The minimum atomic E-state index is -0.559. The third kappa shape index (κ3) is 4.09. The van der Waals surface area contributed by atoms with Crippen molar-refractivity contribution >= 4 is 23.6 Å². The molecular weight excluding hydrogens is 378 g/mol. The minimum Gasteiger partial charge on any atom is -0.369 e. The first-order valence-corrected chi connectivity index (χ1v) is 10.4. The molecule has 2 N–H and O–H groups in total. The molecule has 2 aromatic rings. The second-order valence-electron chi connectivity index (χ2n) is 8.08. The van der Waals surface area contributed by atoms with Gasteiger partial charge in [0.15, 0.2) is 0 Å². The normalized spacial score (nSPS) is 21.0. The summed E-state index contributed by atoms with van der Waals surface area (Å²) in [6.45, 7) is 2.48. The summed E-state index contributed by atoms with van der Waals surface area (Å²) in [7, 11) is 0. The van der Waals surface area contributed by atoms with E-state index in [0.29, 0.717) is 6.42 Å². The average Bonchev–Trinajstić information content (AvgIpc) is 3.40. The van der Waals surface area contributed by atoms with Crippen LogP contribution in [0.3, 0.4) is 0 Å². The van der Waals surface area contributed by atoms with Gasteiger partial charge in [-0.2, -0.15) is 0 Å². The summed E-state index contributed by atoms with van der Waals surface area (Å²) >= 11 is 0. The van der Waals surface area contributed by atoms with E-state index in [1.165, 1.54) is 6.08 Å². The van der Waals surface area contributed by atoms with Crippen LogP contribution in [0.25, 0.3) is 6.08 Å². The number of carbonyl (C=O) groups is 2. The molecule has 2 heterocycles. The molecule has 0 aliphatic carbocycles. The summed E-state index contributed by atoms with van der Waals surface area (Å²) in [5.41, 5.74) is 4.51. The molecule has 0 saturated carbocycles. The Morgan fingerprint density at radius 3 is 2.60 bits per heavy atom. The molecule has 6 heteroatoms.